The van der Waals surface area contributed by atoms with Crippen molar-refractivity contribution in [3.63, 3.8) is 0 Å². The minimum Gasteiger partial charge on any atom is -0.467 e. The van der Waals surface area contributed by atoms with Gasteiger partial charge in [-0.1, -0.05) is 38.7 Å². The van der Waals surface area contributed by atoms with Crippen molar-refractivity contribution in [1.29, 1.82) is 0 Å². The Kier molecular flexibility index (Phi) is 11.4. The van der Waals surface area contributed by atoms with Gasteiger partial charge in [0.25, 0.3) is 0 Å². The number of nitrogens with zero attached hydrogens (tertiary/aromatic N) is 2. The highest BCUT2D eigenvalue weighted by Gasteiger charge is 2.38. The van der Waals surface area contributed by atoms with Crippen LogP contribution in [0.2, 0.25) is 0 Å². The lowest BCUT2D eigenvalue weighted by molar-refractivity contribution is -0.147. The summed E-state index contributed by atoms with van der Waals surface area (Å²) in [6, 6.07) is 3.77. The van der Waals surface area contributed by atoms with Gasteiger partial charge in [-0.15, -0.1) is 0 Å². The van der Waals surface area contributed by atoms with Crippen LogP contribution in [0.25, 0.3) is 0 Å². The van der Waals surface area contributed by atoms with Crippen LogP contribution in [0.4, 0.5) is 10.2 Å². The molecule has 1 atom stereocenters. The molecule has 2 aliphatic heterocycles. The lowest BCUT2D eigenvalue weighted by Crippen LogP contribution is -2.51. The number of aryl methyl sites for hydroxylation is 2. The van der Waals surface area contributed by atoms with Crippen LogP contribution >= 0.6 is 0 Å². The molecule has 0 aromatic carbocycles. The van der Waals surface area contributed by atoms with Gasteiger partial charge in [0.15, 0.2) is 0 Å². The van der Waals surface area contributed by atoms with Gasteiger partial charge in [-0.2, -0.15) is 0 Å². The number of ether oxygens (including phenoxy) is 1. The summed E-state index contributed by atoms with van der Waals surface area (Å²) in [4.78, 5) is 32.4. The Bertz CT molecular complexity index is 842. The number of carbonyl (C=O) groups excluding carboxylic acids is 2. The van der Waals surface area contributed by atoms with E-state index in [0.29, 0.717) is 25.7 Å². The van der Waals surface area contributed by atoms with E-state index in [2.05, 4.69) is 27.7 Å². The number of anilines is 1. The molecule has 2 N–H and O–H groups in total. The standard InChI is InChI=1S/C28H45FN4O3/c1-28(15-20-33(21-16-28)19-9-17-29)27(35)32-24(26(34)36-2)12-7-5-3-4-6-11-23-14-13-22-10-8-18-30-25(22)31-23/h13-14,24H,3-12,15-21H2,1-2H3,(H,30,31)(H,32,35)/t24-/m0/s1. The number of halogens is 1. The molecule has 1 fully saturated rings. The van der Waals surface area contributed by atoms with Crippen LogP contribution in [-0.2, 0) is 27.2 Å². The first-order chi connectivity index (χ1) is 17.4. The summed E-state index contributed by atoms with van der Waals surface area (Å²) >= 11 is 0. The van der Waals surface area contributed by atoms with E-state index in [0.717, 1.165) is 82.6 Å². The molecule has 0 bridgehead atoms. The van der Waals surface area contributed by atoms with Gasteiger partial charge in [0.05, 0.1) is 13.8 Å². The third-order valence-corrected chi connectivity index (χ3v) is 7.78. The monoisotopic (exact) mass is 504 g/mol. The summed E-state index contributed by atoms with van der Waals surface area (Å²) < 4.78 is 17.4. The third-order valence-electron chi connectivity index (χ3n) is 7.78. The fourth-order valence-corrected chi connectivity index (χ4v) is 5.20. The number of likely N-dealkylation sites (tertiary alicyclic amines) is 1. The zero-order valence-corrected chi connectivity index (χ0v) is 22.3. The van der Waals surface area contributed by atoms with E-state index in [4.69, 9.17) is 9.72 Å². The predicted molar refractivity (Wildman–Crippen MR) is 141 cm³/mol. The Morgan fingerprint density at radius 3 is 2.67 bits per heavy atom. The molecule has 2 aliphatic rings. The SMILES string of the molecule is COC(=O)[C@H](CCCCCCCc1ccc2c(n1)NCCC2)NC(=O)C1(C)CCN(CCCF)CC1. The fourth-order valence-electron chi connectivity index (χ4n) is 5.20. The molecular formula is C28H45FN4O3. The number of alkyl halides is 1. The minimum absolute atomic E-state index is 0.0740. The molecule has 0 unspecified atom stereocenters. The molecule has 202 valence electrons. The van der Waals surface area contributed by atoms with Gasteiger partial charge in [0.2, 0.25) is 5.91 Å². The van der Waals surface area contributed by atoms with Crippen LogP contribution in [0.15, 0.2) is 12.1 Å². The lowest BCUT2D eigenvalue weighted by Gasteiger charge is -2.38. The molecule has 1 amide bonds. The maximum absolute atomic E-state index is 13.1. The molecule has 0 aliphatic carbocycles. The van der Waals surface area contributed by atoms with Crippen molar-refractivity contribution in [2.75, 3.05) is 45.3 Å². The van der Waals surface area contributed by atoms with Crippen LogP contribution in [0.5, 0.6) is 0 Å². The number of pyridine rings is 1. The number of carbonyl (C=O) groups is 2. The van der Waals surface area contributed by atoms with Gasteiger partial charge in [0.1, 0.15) is 11.9 Å². The molecule has 7 nitrogen and oxygen atoms in total. The minimum atomic E-state index is -0.601. The first kappa shape index (κ1) is 28.4. The zero-order valence-electron chi connectivity index (χ0n) is 22.3. The molecule has 1 saturated heterocycles. The smallest absolute Gasteiger partial charge is 0.328 e. The van der Waals surface area contributed by atoms with Crippen LogP contribution in [0.1, 0.15) is 82.4 Å². The summed E-state index contributed by atoms with van der Waals surface area (Å²) in [7, 11) is 1.37. The number of amides is 1. The second kappa shape index (κ2) is 14.5. The van der Waals surface area contributed by atoms with Crippen molar-refractivity contribution in [2.24, 2.45) is 5.41 Å². The first-order valence-corrected chi connectivity index (χ1v) is 13.8. The third kappa shape index (κ3) is 8.43. The summed E-state index contributed by atoms with van der Waals surface area (Å²) in [6.07, 6.45) is 11.0. The summed E-state index contributed by atoms with van der Waals surface area (Å²) in [5, 5.41) is 6.38. The second-order valence-corrected chi connectivity index (χ2v) is 10.6. The van der Waals surface area contributed by atoms with E-state index in [1.54, 1.807) is 0 Å². The Morgan fingerprint density at radius 2 is 1.92 bits per heavy atom. The number of nitrogens with one attached hydrogen (secondary N) is 2. The van der Waals surface area contributed by atoms with E-state index in [9.17, 15) is 14.0 Å². The number of esters is 1. The average molecular weight is 505 g/mol. The van der Waals surface area contributed by atoms with Gasteiger partial charge < -0.3 is 20.3 Å². The molecule has 0 spiro atoms. The quantitative estimate of drug-likeness (QED) is 0.288. The van der Waals surface area contributed by atoms with Crippen molar-refractivity contribution in [2.45, 2.75) is 90.0 Å². The molecule has 36 heavy (non-hydrogen) atoms. The van der Waals surface area contributed by atoms with Crippen molar-refractivity contribution < 1.29 is 18.7 Å². The summed E-state index contributed by atoms with van der Waals surface area (Å²) in [5.41, 5.74) is 1.97. The molecule has 3 rings (SSSR count). The van der Waals surface area contributed by atoms with E-state index in [-0.39, 0.29) is 18.6 Å². The topological polar surface area (TPSA) is 83.6 Å². The highest BCUT2D eigenvalue weighted by molar-refractivity contribution is 5.87. The number of unbranched alkanes of at least 4 members (excludes halogenated alkanes) is 4. The number of hydrogen-bond donors (Lipinski definition) is 2. The fraction of sp³-hybridized carbons (Fsp3) is 0.750. The van der Waals surface area contributed by atoms with Crippen molar-refractivity contribution in [3.05, 3.63) is 23.4 Å². The van der Waals surface area contributed by atoms with E-state index in [1.807, 2.05) is 6.92 Å². The number of hydrogen-bond acceptors (Lipinski definition) is 6. The molecule has 3 heterocycles. The number of rotatable bonds is 14. The molecule has 0 saturated carbocycles. The Balaban J connectivity index is 1.34. The average Bonchev–Trinajstić information content (AvgIpc) is 2.90. The van der Waals surface area contributed by atoms with E-state index in [1.165, 1.54) is 19.1 Å². The Labute approximate surface area is 215 Å². The maximum Gasteiger partial charge on any atom is 0.328 e. The van der Waals surface area contributed by atoms with Crippen LogP contribution in [-0.4, -0.2) is 67.8 Å². The van der Waals surface area contributed by atoms with Gasteiger partial charge >= 0.3 is 5.97 Å². The molecule has 1 aromatic rings. The van der Waals surface area contributed by atoms with Crippen LogP contribution < -0.4 is 10.6 Å². The van der Waals surface area contributed by atoms with Crippen molar-refractivity contribution in [1.82, 2.24) is 15.2 Å². The second-order valence-electron chi connectivity index (χ2n) is 10.6. The Hall–Kier alpha value is -2.22. The van der Waals surface area contributed by atoms with Crippen LogP contribution in [0.3, 0.4) is 0 Å². The van der Waals surface area contributed by atoms with Gasteiger partial charge in [0, 0.05) is 24.2 Å². The molecular weight excluding hydrogens is 459 g/mol. The first-order valence-electron chi connectivity index (χ1n) is 13.8. The summed E-state index contributed by atoms with van der Waals surface area (Å²) in [6.45, 7) is 4.97. The van der Waals surface area contributed by atoms with Gasteiger partial charge in [-0.3, -0.25) is 9.18 Å². The van der Waals surface area contributed by atoms with Gasteiger partial charge in [-0.05, 0) is 76.1 Å². The summed E-state index contributed by atoms with van der Waals surface area (Å²) in [5.74, 6) is 0.611. The van der Waals surface area contributed by atoms with Crippen molar-refractivity contribution >= 4 is 17.7 Å². The van der Waals surface area contributed by atoms with E-state index >= 15 is 0 Å². The lowest BCUT2D eigenvalue weighted by atomic mass is 9.79. The molecule has 8 heteroatoms. The number of methoxy groups -OCH3 is 1. The van der Waals surface area contributed by atoms with Crippen molar-refractivity contribution in [3.8, 4) is 0 Å². The zero-order chi connectivity index (χ0) is 25.8. The molecule has 0 radical (unpaired) electrons. The number of piperidine rings is 1. The molecule has 1 aromatic heterocycles. The maximum atomic E-state index is 13.1. The number of fused-ring (bicyclic) bond motifs is 1. The van der Waals surface area contributed by atoms with Gasteiger partial charge in [-0.25, -0.2) is 9.78 Å². The normalized spacial score (nSPS) is 18.1. The Morgan fingerprint density at radius 1 is 1.17 bits per heavy atom. The predicted octanol–water partition coefficient (Wildman–Crippen LogP) is 4.44. The van der Waals surface area contributed by atoms with E-state index < -0.39 is 11.5 Å². The highest BCUT2D eigenvalue weighted by Crippen LogP contribution is 2.31. The number of aromatic nitrogens is 1. The largest absolute Gasteiger partial charge is 0.467 e. The highest BCUT2D eigenvalue weighted by atomic mass is 19.1. The van der Waals surface area contributed by atoms with Crippen LogP contribution in [0, 0.1) is 5.41 Å².